The smallest absolute Gasteiger partial charge is 0.261 e. The van der Waals surface area contributed by atoms with Crippen molar-refractivity contribution in [2.45, 2.75) is 45.6 Å². The monoisotopic (exact) mass is 371 g/mol. The van der Waals surface area contributed by atoms with Gasteiger partial charge in [0.1, 0.15) is 0 Å². The summed E-state index contributed by atoms with van der Waals surface area (Å²) in [6.07, 6.45) is 3.67. The number of hydrogen-bond acceptors (Lipinski definition) is 4. The fourth-order valence-corrected chi connectivity index (χ4v) is 3.96. The minimum absolute atomic E-state index is 0.133. The molecule has 0 bridgehead atoms. The van der Waals surface area contributed by atoms with Gasteiger partial charge in [-0.25, -0.2) is 0 Å². The summed E-state index contributed by atoms with van der Waals surface area (Å²) in [5.74, 6) is -0.168. The van der Waals surface area contributed by atoms with Crippen LogP contribution in [0.25, 0.3) is 0 Å². The van der Waals surface area contributed by atoms with Crippen molar-refractivity contribution >= 4 is 17.7 Å². The molecule has 2 aliphatic rings. The van der Waals surface area contributed by atoms with Gasteiger partial charge in [-0.1, -0.05) is 13.3 Å². The summed E-state index contributed by atoms with van der Waals surface area (Å²) in [5.41, 5.74) is 0.937. The maximum absolute atomic E-state index is 12.6. The van der Waals surface area contributed by atoms with Crippen molar-refractivity contribution in [3.8, 4) is 0 Å². The Balaban J connectivity index is 1.66. The minimum atomic E-state index is -0.357. The van der Waals surface area contributed by atoms with Crippen molar-refractivity contribution in [1.82, 2.24) is 15.1 Å². The quantitative estimate of drug-likeness (QED) is 0.808. The van der Waals surface area contributed by atoms with Crippen LogP contribution in [0.15, 0.2) is 18.2 Å². The Morgan fingerprint density at radius 3 is 2.63 bits per heavy atom. The van der Waals surface area contributed by atoms with Crippen LogP contribution in [-0.4, -0.2) is 59.7 Å². The molecule has 1 atom stereocenters. The van der Waals surface area contributed by atoms with Crippen molar-refractivity contribution < 1.29 is 14.4 Å². The maximum Gasteiger partial charge on any atom is 0.261 e. The molecule has 1 unspecified atom stereocenters. The van der Waals surface area contributed by atoms with Crippen LogP contribution in [0, 0.1) is 5.92 Å². The summed E-state index contributed by atoms with van der Waals surface area (Å²) in [5, 5.41) is 3.01. The van der Waals surface area contributed by atoms with E-state index in [0.717, 1.165) is 23.9 Å². The molecule has 1 aromatic rings. The molecular weight excluding hydrogens is 342 g/mol. The standard InChI is InChI=1S/C21H29N3O3/c1-5-14-7-6-10-24(12-14)21(2,3)13-22-18(25)15-8-9-16-17(11-15)20(27)23(4)19(16)26/h8-9,11,14H,5-7,10,12-13H2,1-4H3,(H,22,25). The normalized spacial score (nSPS) is 20.7. The maximum atomic E-state index is 12.6. The molecule has 1 saturated heterocycles. The van der Waals surface area contributed by atoms with Gasteiger partial charge in [-0.2, -0.15) is 0 Å². The van der Waals surface area contributed by atoms with Gasteiger partial charge >= 0.3 is 0 Å². The van der Waals surface area contributed by atoms with Crippen molar-refractivity contribution in [3.05, 3.63) is 34.9 Å². The van der Waals surface area contributed by atoms with Gasteiger partial charge in [-0.05, 0) is 57.4 Å². The van der Waals surface area contributed by atoms with E-state index in [2.05, 4.69) is 31.0 Å². The van der Waals surface area contributed by atoms with Crippen molar-refractivity contribution in [3.63, 3.8) is 0 Å². The van der Waals surface area contributed by atoms with Crippen LogP contribution in [-0.2, 0) is 0 Å². The third-order valence-electron chi connectivity index (χ3n) is 5.99. The van der Waals surface area contributed by atoms with E-state index in [4.69, 9.17) is 0 Å². The van der Waals surface area contributed by atoms with Crippen LogP contribution in [0.4, 0.5) is 0 Å². The number of piperidine rings is 1. The number of fused-ring (bicyclic) bond motifs is 1. The molecule has 27 heavy (non-hydrogen) atoms. The second-order valence-corrected chi connectivity index (χ2v) is 8.29. The van der Waals surface area contributed by atoms with Gasteiger partial charge in [0.2, 0.25) is 0 Å². The van der Waals surface area contributed by atoms with Crippen LogP contribution in [0.5, 0.6) is 0 Å². The van der Waals surface area contributed by atoms with Crippen LogP contribution in [0.3, 0.4) is 0 Å². The molecule has 0 aromatic heterocycles. The Morgan fingerprint density at radius 1 is 1.22 bits per heavy atom. The molecule has 0 aliphatic carbocycles. The molecule has 3 rings (SSSR count). The fourth-order valence-electron chi connectivity index (χ4n) is 3.96. The van der Waals surface area contributed by atoms with Crippen LogP contribution >= 0.6 is 0 Å². The molecule has 2 aliphatic heterocycles. The van der Waals surface area contributed by atoms with E-state index in [0.29, 0.717) is 23.2 Å². The summed E-state index contributed by atoms with van der Waals surface area (Å²) < 4.78 is 0. The number of nitrogens with zero attached hydrogens (tertiary/aromatic N) is 2. The van der Waals surface area contributed by atoms with Gasteiger partial charge in [0.25, 0.3) is 17.7 Å². The Labute approximate surface area is 160 Å². The first-order chi connectivity index (χ1) is 12.7. The number of carbonyl (C=O) groups excluding carboxylic acids is 3. The number of nitrogens with one attached hydrogen (secondary N) is 1. The predicted octanol–water partition coefficient (Wildman–Crippen LogP) is 2.54. The molecule has 6 heteroatoms. The zero-order chi connectivity index (χ0) is 19.8. The molecule has 0 saturated carbocycles. The van der Waals surface area contributed by atoms with Crippen molar-refractivity contribution in [2.24, 2.45) is 5.92 Å². The van der Waals surface area contributed by atoms with Gasteiger partial charge < -0.3 is 5.32 Å². The van der Waals surface area contributed by atoms with Crippen LogP contribution in [0.2, 0.25) is 0 Å². The van der Waals surface area contributed by atoms with Crippen LogP contribution < -0.4 is 5.32 Å². The topological polar surface area (TPSA) is 69.7 Å². The number of imide groups is 1. The largest absolute Gasteiger partial charge is 0.350 e. The molecule has 1 N–H and O–H groups in total. The Morgan fingerprint density at radius 2 is 1.93 bits per heavy atom. The summed E-state index contributed by atoms with van der Waals surface area (Å²) in [4.78, 5) is 40.3. The lowest BCUT2D eigenvalue weighted by atomic mass is 9.91. The van der Waals surface area contributed by atoms with E-state index in [9.17, 15) is 14.4 Å². The first-order valence-electron chi connectivity index (χ1n) is 9.74. The lowest BCUT2D eigenvalue weighted by Gasteiger charge is -2.43. The van der Waals surface area contributed by atoms with E-state index in [1.807, 2.05) is 0 Å². The minimum Gasteiger partial charge on any atom is -0.350 e. The molecule has 6 nitrogen and oxygen atoms in total. The Hall–Kier alpha value is -2.21. The number of likely N-dealkylation sites (tertiary alicyclic amines) is 1. The summed E-state index contributed by atoms with van der Waals surface area (Å²) >= 11 is 0. The van der Waals surface area contributed by atoms with Gasteiger partial charge in [-0.15, -0.1) is 0 Å². The van der Waals surface area contributed by atoms with E-state index in [1.165, 1.54) is 32.4 Å². The first kappa shape index (κ1) is 19.5. The fraction of sp³-hybridized carbons (Fsp3) is 0.571. The second kappa shape index (κ2) is 7.43. The molecule has 146 valence electrons. The molecule has 3 amide bonds. The van der Waals surface area contributed by atoms with Gasteiger partial charge in [0.05, 0.1) is 11.1 Å². The lowest BCUT2D eigenvalue weighted by molar-refractivity contribution is 0.0612. The predicted molar refractivity (Wildman–Crippen MR) is 104 cm³/mol. The third-order valence-corrected chi connectivity index (χ3v) is 5.99. The number of hydrogen-bond donors (Lipinski definition) is 1. The number of rotatable bonds is 5. The lowest BCUT2D eigenvalue weighted by Crippen LogP contribution is -2.54. The average Bonchev–Trinajstić information content (AvgIpc) is 2.90. The van der Waals surface area contributed by atoms with Gasteiger partial charge in [0.15, 0.2) is 0 Å². The highest BCUT2D eigenvalue weighted by molar-refractivity contribution is 6.21. The molecular formula is C21H29N3O3. The highest BCUT2D eigenvalue weighted by Crippen LogP contribution is 2.26. The number of benzene rings is 1. The van der Waals surface area contributed by atoms with Crippen molar-refractivity contribution in [2.75, 3.05) is 26.7 Å². The zero-order valence-corrected chi connectivity index (χ0v) is 16.7. The highest BCUT2D eigenvalue weighted by Gasteiger charge is 2.34. The van der Waals surface area contributed by atoms with E-state index >= 15 is 0 Å². The third kappa shape index (κ3) is 3.76. The first-order valence-corrected chi connectivity index (χ1v) is 9.74. The number of carbonyl (C=O) groups is 3. The Kier molecular flexibility index (Phi) is 5.38. The van der Waals surface area contributed by atoms with E-state index < -0.39 is 0 Å². The zero-order valence-electron chi connectivity index (χ0n) is 16.7. The second-order valence-electron chi connectivity index (χ2n) is 8.29. The van der Waals surface area contributed by atoms with Gasteiger partial charge in [0, 0.05) is 31.2 Å². The molecule has 0 radical (unpaired) electrons. The van der Waals surface area contributed by atoms with E-state index in [1.54, 1.807) is 12.1 Å². The summed E-state index contributed by atoms with van der Waals surface area (Å²) in [7, 11) is 1.45. The molecule has 1 aromatic carbocycles. The SMILES string of the molecule is CCC1CCCN(C(C)(C)CNC(=O)c2ccc3c(c2)C(=O)N(C)C3=O)C1. The highest BCUT2D eigenvalue weighted by atomic mass is 16.2. The number of amides is 3. The average molecular weight is 371 g/mol. The molecule has 1 fully saturated rings. The summed E-state index contributed by atoms with van der Waals surface area (Å²) in [6.45, 7) is 9.21. The van der Waals surface area contributed by atoms with Crippen LogP contribution in [0.1, 0.15) is 71.1 Å². The van der Waals surface area contributed by atoms with Crippen molar-refractivity contribution in [1.29, 1.82) is 0 Å². The molecule has 2 heterocycles. The molecule has 0 spiro atoms. The summed E-state index contributed by atoms with van der Waals surface area (Å²) in [6, 6.07) is 4.70. The van der Waals surface area contributed by atoms with E-state index in [-0.39, 0.29) is 23.3 Å². The Bertz CT molecular complexity index is 772. The van der Waals surface area contributed by atoms with Gasteiger partial charge in [-0.3, -0.25) is 24.2 Å².